The van der Waals surface area contributed by atoms with Crippen LogP contribution in [-0.2, 0) is 20.7 Å². The average molecular weight is 377 g/mol. The molecule has 27 heavy (non-hydrogen) atoms. The van der Waals surface area contributed by atoms with Crippen molar-refractivity contribution in [3.8, 4) is 11.4 Å². The summed E-state index contributed by atoms with van der Waals surface area (Å²) in [4.78, 5) is 29.9. The van der Waals surface area contributed by atoms with E-state index in [0.29, 0.717) is 23.8 Å². The van der Waals surface area contributed by atoms with Gasteiger partial charge in [0.25, 0.3) is 0 Å². The first-order chi connectivity index (χ1) is 12.9. The van der Waals surface area contributed by atoms with Crippen molar-refractivity contribution in [2.75, 3.05) is 19.7 Å². The fourth-order valence-electron chi connectivity index (χ4n) is 2.50. The molecule has 0 atom stereocenters. The molecule has 1 amide bonds. The molecule has 7 nitrogen and oxygen atoms in total. The summed E-state index contributed by atoms with van der Waals surface area (Å²) in [6.45, 7) is 6.33. The summed E-state index contributed by atoms with van der Waals surface area (Å²) >= 11 is 0. The number of nitrogens with zero attached hydrogens (tertiary/aromatic N) is 3. The van der Waals surface area contributed by atoms with Crippen molar-refractivity contribution in [2.45, 2.75) is 33.6 Å². The van der Waals surface area contributed by atoms with Crippen molar-refractivity contribution < 1.29 is 23.2 Å². The Bertz CT molecular complexity index is 759. The highest BCUT2D eigenvalue weighted by Gasteiger charge is 2.20. The van der Waals surface area contributed by atoms with E-state index in [9.17, 15) is 14.0 Å². The van der Waals surface area contributed by atoms with E-state index in [0.717, 1.165) is 0 Å². The van der Waals surface area contributed by atoms with E-state index in [-0.39, 0.29) is 43.6 Å². The lowest BCUT2D eigenvalue weighted by molar-refractivity contribution is -0.149. The van der Waals surface area contributed by atoms with Crippen molar-refractivity contribution in [2.24, 2.45) is 5.92 Å². The highest BCUT2D eigenvalue weighted by Crippen LogP contribution is 2.17. The third-order valence-electron chi connectivity index (χ3n) is 3.69. The summed E-state index contributed by atoms with van der Waals surface area (Å²) in [6, 6.07) is 5.74. The van der Waals surface area contributed by atoms with E-state index in [1.807, 2.05) is 13.8 Å². The maximum Gasteiger partial charge on any atom is 0.325 e. The Morgan fingerprint density at radius 2 is 1.96 bits per heavy atom. The number of aryl methyl sites for hydroxylation is 1. The van der Waals surface area contributed by atoms with Gasteiger partial charge in [0.15, 0.2) is 0 Å². The lowest BCUT2D eigenvalue weighted by Crippen LogP contribution is -2.39. The second-order valence-corrected chi connectivity index (χ2v) is 6.49. The van der Waals surface area contributed by atoms with Crippen LogP contribution in [0.4, 0.5) is 4.39 Å². The first kappa shape index (κ1) is 20.5. The minimum absolute atomic E-state index is 0.0739. The number of carbonyl (C=O) groups is 2. The number of esters is 1. The lowest BCUT2D eigenvalue weighted by atomic mass is 10.2. The van der Waals surface area contributed by atoms with Gasteiger partial charge in [-0.2, -0.15) is 4.98 Å². The Balaban J connectivity index is 1.95. The molecule has 8 heteroatoms. The van der Waals surface area contributed by atoms with E-state index >= 15 is 0 Å². The van der Waals surface area contributed by atoms with Gasteiger partial charge in [-0.15, -0.1) is 0 Å². The first-order valence-electron chi connectivity index (χ1n) is 8.91. The van der Waals surface area contributed by atoms with Crippen LogP contribution in [0.15, 0.2) is 28.8 Å². The van der Waals surface area contributed by atoms with E-state index in [1.54, 1.807) is 19.1 Å². The molecule has 0 aliphatic heterocycles. The SMILES string of the molecule is CCOC(=O)CN(CC(C)C)C(=O)CCc1nc(-c2ccc(F)cc2)no1. The van der Waals surface area contributed by atoms with Crippen molar-refractivity contribution in [3.63, 3.8) is 0 Å². The van der Waals surface area contributed by atoms with Gasteiger partial charge >= 0.3 is 5.97 Å². The van der Waals surface area contributed by atoms with Crippen LogP contribution in [0, 0.1) is 11.7 Å². The van der Waals surface area contributed by atoms with Crippen molar-refractivity contribution in [1.29, 1.82) is 0 Å². The van der Waals surface area contributed by atoms with Crippen molar-refractivity contribution in [3.05, 3.63) is 36.0 Å². The molecule has 0 bridgehead atoms. The van der Waals surface area contributed by atoms with Crippen molar-refractivity contribution in [1.82, 2.24) is 15.0 Å². The predicted molar refractivity (Wildman–Crippen MR) is 96.1 cm³/mol. The third-order valence-corrected chi connectivity index (χ3v) is 3.69. The molecule has 2 aromatic rings. The molecule has 0 radical (unpaired) electrons. The number of benzene rings is 1. The number of halogens is 1. The van der Waals surface area contributed by atoms with Gasteiger partial charge in [0.2, 0.25) is 17.6 Å². The van der Waals surface area contributed by atoms with Gasteiger partial charge in [-0.05, 0) is 37.1 Å². The molecule has 1 aromatic heterocycles. The van der Waals surface area contributed by atoms with Crippen molar-refractivity contribution >= 4 is 11.9 Å². The molecular formula is C19H24FN3O4. The molecule has 0 N–H and O–H groups in total. The Kier molecular flexibility index (Phi) is 7.45. The second kappa shape index (κ2) is 9.80. The van der Waals surface area contributed by atoms with Gasteiger partial charge in [0.1, 0.15) is 12.4 Å². The molecule has 2 rings (SSSR count). The van der Waals surface area contributed by atoms with Crippen LogP contribution in [0.25, 0.3) is 11.4 Å². The molecular weight excluding hydrogens is 353 g/mol. The Morgan fingerprint density at radius 1 is 1.26 bits per heavy atom. The highest BCUT2D eigenvalue weighted by atomic mass is 19.1. The van der Waals surface area contributed by atoms with Crippen LogP contribution >= 0.6 is 0 Å². The van der Waals surface area contributed by atoms with Gasteiger partial charge in [-0.3, -0.25) is 9.59 Å². The number of amides is 1. The molecule has 0 aliphatic carbocycles. The van der Waals surface area contributed by atoms with Gasteiger partial charge < -0.3 is 14.2 Å². The molecule has 0 unspecified atom stereocenters. The molecule has 1 aromatic carbocycles. The van der Waals surface area contributed by atoms with Crippen LogP contribution in [0.5, 0.6) is 0 Å². The van der Waals surface area contributed by atoms with Gasteiger partial charge in [-0.25, -0.2) is 4.39 Å². The van der Waals surface area contributed by atoms with Crippen LogP contribution in [0.1, 0.15) is 33.1 Å². The number of ether oxygens (including phenoxy) is 1. The minimum Gasteiger partial charge on any atom is -0.465 e. The van der Waals surface area contributed by atoms with Crippen LogP contribution in [-0.4, -0.2) is 46.6 Å². The Hall–Kier alpha value is -2.77. The number of hydrogen-bond acceptors (Lipinski definition) is 6. The average Bonchev–Trinajstić information content (AvgIpc) is 3.08. The topological polar surface area (TPSA) is 85.5 Å². The maximum atomic E-state index is 13.0. The van der Waals surface area contributed by atoms with E-state index in [4.69, 9.17) is 9.26 Å². The highest BCUT2D eigenvalue weighted by molar-refractivity contribution is 5.82. The molecule has 0 saturated heterocycles. The molecule has 0 spiro atoms. The molecule has 0 aliphatic rings. The zero-order chi connectivity index (χ0) is 19.8. The monoisotopic (exact) mass is 377 g/mol. The normalized spacial score (nSPS) is 10.9. The molecule has 0 saturated carbocycles. The van der Waals surface area contributed by atoms with Gasteiger partial charge in [0, 0.05) is 24.9 Å². The van der Waals surface area contributed by atoms with E-state index in [2.05, 4.69) is 10.1 Å². The van der Waals surface area contributed by atoms with E-state index in [1.165, 1.54) is 17.0 Å². The number of carbonyl (C=O) groups excluding carboxylic acids is 2. The van der Waals surface area contributed by atoms with E-state index < -0.39 is 5.97 Å². The first-order valence-corrected chi connectivity index (χ1v) is 8.91. The lowest BCUT2D eigenvalue weighted by Gasteiger charge is -2.23. The maximum absolute atomic E-state index is 13.0. The summed E-state index contributed by atoms with van der Waals surface area (Å²) < 4.78 is 23.1. The second-order valence-electron chi connectivity index (χ2n) is 6.49. The molecule has 1 heterocycles. The molecule has 0 fully saturated rings. The smallest absolute Gasteiger partial charge is 0.325 e. The largest absolute Gasteiger partial charge is 0.465 e. The Morgan fingerprint density at radius 3 is 2.59 bits per heavy atom. The van der Waals surface area contributed by atoms with Gasteiger partial charge in [0.05, 0.1) is 6.61 Å². The predicted octanol–water partition coefficient (Wildman–Crippen LogP) is 2.86. The summed E-state index contributed by atoms with van der Waals surface area (Å²) in [6.07, 6.45) is 0.391. The zero-order valence-corrected chi connectivity index (χ0v) is 15.8. The van der Waals surface area contributed by atoms with Crippen LogP contribution < -0.4 is 0 Å². The Labute approximate surface area is 157 Å². The standard InChI is InChI=1S/C19H24FN3O4/c1-4-26-18(25)12-23(11-13(2)3)17(24)10-9-16-21-19(22-27-16)14-5-7-15(20)8-6-14/h5-8,13H,4,9-12H2,1-3H3. The summed E-state index contributed by atoms with van der Waals surface area (Å²) in [5.41, 5.74) is 0.626. The number of aromatic nitrogens is 2. The third kappa shape index (κ3) is 6.47. The number of rotatable bonds is 9. The quantitative estimate of drug-likeness (QED) is 0.625. The van der Waals surface area contributed by atoms with Crippen LogP contribution in [0.3, 0.4) is 0 Å². The number of hydrogen-bond donors (Lipinski definition) is 0. The summed E-state index contributed by atoms with van der Waals surface area (Å²) in [5, 5.41) is 3.85. The fourth-order valence-corrected chi connectivity index (χ4v) is 2.50. The summed E-state index contributed by atoms with van der Waals surface area (Å²) in [7, 11) is 0. The van der Waals surface area contributed by atoms with Crippen LogP contribution in [0.2, 0.25) is 0 Å². The minimum atomic E-state index is -0.428. The van der Waals surface area contributed by atoms with Gasteiger partial charge in [-0.1, -0.05) is 19.0 Å². The molecule has 146 valence electrons. The zero-order valence-electron chi connectivity index (χ0n) is 15.8. The fraction of sp³-hybridized carbons (Fsp3) is 0.474. The summed E-state index contributed by atoms with van der Waals surface area (Å²) in [5.74, 6) is -0.0933.